The molecule has 4 nitrogen and oxygen atoms in total. The lowest BCUT2D eigenvalue weighted by Crippen LogP contribution is -2.38. The molecule has 0 fully saturated rings. The summed E-state index contributed by atoms with van der Waals surface area (Å²) in [6, 6.07) is 18.2. The van der Waals surface area contributed by atoms with Crippen LogP contribution in [-0.2, 0) is 6.54 Å². The molecule has 26 heavy (non-hydrogen) atoms. The summed E-state index contributed by atoms with van der Waals surface area (Å²) in [7, 11) is 0. The fourth-order valence-corrected chi connectivity index (χ4v) is 4.10. The summed E-state index contributed by atoms with van der Waals surface area (Å²) < 4.78 is 2.90. The van der Waals surface area contributed by atoms with Crippen molar-refractivity contribution < 1.29 is 0 Å². The molecule has 4 rings (SSSR count). The third kappa shape index (κ3) is 2.89. The molecule has 0 N–H and O–H groups in total. The van der Waals surface area contributed by atoms with Gasteiger partial charge in [0.15, 0.2) is 0 Å². The monoisotopic (exact) mass is 382 g/mol. The van der Waals surface area contributed by atoms with Gasteiger partial charge in [0.2, 0.25) is 0 Å². The summed E-state index contributed by atoms with van der Waals surface area (Å²) in [4.78, 5) is 27.8. The topological polar surface area (TPSA) is 44.0 Å². The van der Waals surface area contributed by atoms with E-state index in [-0.39, 0.29) is 11.2 Å². The van der Waals surface area contributed by atoms with E-state index < -0.39 is 0 Å². The number of aromatic nitrogens is 2. The van der Waals surface area contributed by atoms with Gasteiger partial charge in [0, 0.05) is 9.90 Å². The van der Waals surface area contributed by atoms with Crippen molar-refractivity contribution in [2.45, 2.75) is 13.5 Å². The first-order valence-corrected chi connectivity index (χ1v) is 9.30. The molecule has 0 atom stereocenters. The predicted octanol–water partition coefficient (Wildman–Crippen LogP) is 4.22. The zero-order valence-electron chi connectivity index (χ0n) is 14.0. The molecule has 0 aliphatic rings. The van der Waals surface area contributed by atoms with Crippen molar-refractivity contribution >= 4 is 33.2 Å². The Balaban J connectivity index is 2.01. The Morgan fingerprint density at radius 1 is 1.00 bits per heavy atom. The normalized spacial score (nSPS) is 11.2. The first-order chi connectivity index (χ1) is 12.5. The maximum absolute atomic E-state index is 13.2. The number of nitrogens with zero attached hydrogens (tertiary/aromatic N) is 2. The smallest absolute Gasteiger partial charge is 0.280 e. The van der Waals surface area contributed by atoms with E-state index in [4.69, 9.17) is 11.6 Å². The highest BCUT2D eigenvalue weighted by Crippen LogP contribution is 2.22. The van der Waals surface area contributed by atoms with Gasteiger partial charge in [0.05, 0.1) is 17.6 Å². The minimum atomic E-state index is -0.342. The number of rotatable bonds is 3. The highest BCUT2D eigenvalue weighted by atomic mass is 35.5. The summed E-state index contributed by atoms with van der Waals surface area (Å²) >= 11 is 7.42. The second kappa shape index (κ2) is 6.59. The largest absolute Gasteiger partial charge is 0.337 e. The standard InChI is InChI=1S/C20H15ClN2O2S/c1-13-11-17-18(24)23(16-5-3-2-4-6-16)20(25)22(19(17)26-13)12-14-7-9-15(21)10-8-14/h2-11H,12H2,1H3. The number of aryl methyl sites for hydroxylation is 1. The van der Waals surface area contributed by atoms with E-state index in [0.717, 1.165) is 10.4 Å². The second-order valence-corrected chi connectivity index (χ2v) is 7.72. The van der Waals surface area contributed by atoms with Crippen molar-refractivity contribution in [2.24, 2.45) is 0 Å². The third-order valence-electron chi connectivity index (χ3n) is 4.20. The molecule has 2 heterocycles. The van der Waals surface area contributed by atoms with Crippen LogP contribution in [0.25, 0.3) is 15.9 Å². The third-order valence-corrected chi connectivity index (χ3v) is 5.53. The van der Waals surface area contributed by atoms with Crippen LogP contribution in [0.15, 0.2) is 70.3 Å². The van der Waals surface area contributed by atoms with Crippen LogP contribution in [0.2, 0.25) is 5.02 Å². The Bertz CT molecular complexity index is 1210. The minimum Gasteiger partial charge on any atom is -0.280 e. The lowest BCUT2D eigenvalue weighted by Gasteiger charge is -2.12. The molecule has 0 aliphatic carbocycles. The number of fused-ring (bicyclic) bond motifs is 1. The van der Waals surface area contributed by atoms with E-state index in [2.05, 4.69) is 0 Å². The van der Waals surface area contributed by atoms with E-state index in [0.29, 0.717) is 27.5 Å². The predicted molar refractivity (Wildman–Crippen MR) is 107 cm³/mol. The maximum Gasteiger partial charge on any atom is 0.337 e. The lowest BCUT2D eigenvalue weighted by atomic mass is 10.2. The van der Waals surface area contributed by atoms with E-state index in [9.17, 15) is 9.59 Å². The highest BCUT2D eigenvalue weighted by molar-refractivity contribution is 7.18. The van der Waals surface area contributed by atoms with Gasteiger partial charge in [-0.25, -0.2) is 9.36 Å². The van der Waals surface area contributed by atoms with E-state index >= 15 is 0 Å². The van der Waals surface area contributed by atoms with Gasteiger partial charge in [0.1, 0.15) is 4.83 Å². The molecule has 2 aromatic carbocycles. The van der Waals surface area contributed by atoms with Crippen LogP contribution < -0.4 is 11.2 Å². The second-order valence-electron chi connectivity index (χ2n) is 6.05. The Kier molecular flexibility index (Phi) is 4.26. The molecular weight excluding hydrogens is 368 g/mol. The molecule has 4 aromatic rings. The summed E-state index contributed by atoms with van der Waals surface area (Å²) in [5, 5.41) is 1.21. The minimum absolute atomic E-state index is 0.284. The van der Waals surface area contributed by atoms with Crippen LogP contribution in [-0.4, -0.2) is 9.13 Å². The molecule has 0 bridgehead atoms. The molecule has 0 aliphatic heterocycles. The fraction of sp³-hybridized carbons (Fsp3) is 0.100. The summed E-state index contributed by atoms with van der Waals surface area (Å²) in [6.07, 6.45) is 0. The zero-order valence-corrected chi connectivity index (χ0v) is 15.6. The van der Waals surface area contributed by atoms with Crippen LogP contribution in [0.3, 0.4) is 0 Å². The molecule has 0 unspecified atom stereocenters. The van der Waals surface area contributed by atoms with Crippen LogP contribution in [0.5, 0.6) is 0 Å². The Morgan fingerprint density at radius 3 is 2.38 bits per heavy atom. The number of hydrogen-bond donors (Lipinski definition) is 0. The van der Waals surface area contributed by atoms with Crippen LogP contribution in [0, 0.1) is 6.92 Å². The highest BCUT2D eigenvalue weighted by Gasteiger charge is 2.16. The van der Waals surface area contributed by atoms with Gasteiger partial charge in [-0.1, -0.05) is 41.9 Å². The Hall–Kier alpha value is -2.63. The average Bonchev–Trinajstić information content (AvgIpc) is 3.03. The van der Waals surface area contributed by atoms with E-state index in [1.807, 2.05) is 43.3 Å². The van der Waals surface area contributed by atoms with Gasteiger partial charge < -0.3 is 0 Å². The molecule has 0 amide bonds. The molecule has 0 spiro atoms. The summed E-state index contributed by atoms with van der Waals surface area (Å²) in [5.74, 6) is 0. The molecule has 0 radical (unpaired) electrons. The van der Waals surface area contributed by atoms with Gasteiger partial charge in [0.25, 0.3) is 5.56 Å². The quantitative estimate of drug-likeness (QED) is 0.532. The molecular formula is C20H15ClN2O2S. The SMILES string of the molecule is Cc1cc2c(=O)n(-c3ccccc3)c(=O)n(Cc3ccc(Cl)cc3)c2s1. The zero-order chi connectivity index (χ0) is 18.3. The van der Waals surface area contributed by atoms with Gasteiger partial charge in [-0.05, 0) is 42.8 Å². The fourth-order valence-electron chi connectivity index (χ4n) is 2.99. The van der Waals surface area contributed by atoms with Crippen molar-refractivity contribution in [3.63, 3.8) is 0 Å². The van der Waals surface area contributed by atoms with Crippen molar-refractivity contribution in [3.05, 3.63) is 97.0 Å². The van der Waals surface area contributed by atoms with Crippen molar-refractivity contribution in [3.8, 4) is 5.69 Å². The number of thiophene rings is 1. The van der Waals surface area contributed by atoms with E-state index in [1.165, 1.54) is 15.9 Å². The summed E-state index contributed by atoms with van der Waals surface area (Å²) in [6.45, 7) is 2.31. The molecule has 0 saturated carbocycles. The number of hydrogen-bond acceptors (Lipinski definition) is 3. The molecule has 130 valence electrons. The molecule has 6 heteroatoms. The van der Waals surface area contributed by atoms with Crippen LogP contribution in [0.1, 0.15) is 10.4 Å². The average molecular weight is 383 g/mol. The van der Waals surface area contributed by atoms with Crippen molar-refractivity contribution in [2.75, 3.05) is 0 Å². The molecule has 0 saturated heterocycles. The van der Waals surface area contributed by atoms with Crippen LogP contribution >= 0.6 is 22.9 Å². The number of para-hydroxylation sites is 1. The molecule has 2 aromatic heterocycles. The first kappa shape index (κ1) is 16.8. The maximum atomic E-state index is 13.2. The van der Waals surface area contributed by atoms with Gasteiger partial charge in [-0.15, -0.1) is 11.3 Å². The number of halogens is 1. The summed E-state index contributed by atoms with van der Waals surface area (Å²) in [5.41, 5.74) is 0.888. The van der Waals surface area contributed by atoms with Crippen LogP contribution in [0.4, 0.5) is 0 Å². The van der Waals surface area contributed by atoms with Gasteiger partial charge >= 0.3 is 5.69 Å². The van der Waals surface area contributed by atoms with Crippen molar-refractivity contribution in [1.82, 2.24) is 9.13 Å². The number of benzene rings is 2. The van der Waals surface area contributed by atoms with Crippen molar-refractivity contribution in [1.29, 1.82) is 0 Å². The van der Waals surface area contributed by atoms with Gasteiger partial charge in [-0.3, -0.25) is 9.36 Å². The lowest BCUT2D eigenvalue weighted by molar-refractivity contribution is 0.719. The van der Waals surface area contributed by atoms with E-state index in [1.54, 1.807) is 28.8 Å². The first-order valence-electron chi connectivity index (χ1n) is 8.10. The Morgan fingerprint density at radius 2 is 1.69 bits per heavy atom. The van der Waals surface area contributed by atoms with Gasteiger partial charge in [-0.2, -0.15) is 0 Å². The Labute approximate surface area is 158 Å².